The summed E-state index contributed by atoms with van der Waals surface area (Å²) >= 11 is 3.43. The first-order valence-electron chi connectivity index (χ1n) is 8.21. The number of hydrogen-bond acceptors (Lipinski definition) is 3. The SMILES string of the molecule is O=c1c(OCc2ccccc2)c(-c2ccc(Br)cc2)oc2ccccc12. The number of hydrogen-bond donors (Lipinski definition) is 0. The van der Waals surface area contributed by atoms with Gasteiger partial charge < -0.3 is 9.15 Å². The molecule has 0 aliphatic rings. The molecule has 0 saturated heterocycles. The van der Waals surface area contributed by atoms with E-state index in [0.29, 0.717) is 23.3 Å². The third kappa shape index (κ3) is 3.28. The minimum Gasteiger partial charge on any atom is -0.481 e. The molecule has 3 aromatic carbocycles. The quantitative estimate of drug-likeness (QED) is 0.429. The average Bonchev–Trinajstić information content (AvgIpc) is 2.69. The van der Waals surface area contributed by atoms with Crippen molar-refractivity contribution < 1.29 is 9.15 Å². The van der Waals surface area contributed by atoms with Crippen molar-refractivity contribution in [3.63, 3.8) is 0 Å². The number of ether oxygens (including phenoxy) is 1. The summed E-state index contributed by atoms with van der Waals surface area (Å²) in [6.45, 7) is 0.299. The first kappa shape index (κ1) is 16.6. The molecule has 0 spiro atoms. The lowest BCUT2D eigenvalue weighted by Crippen LogP contribution is -2.10. The van der Waals surface area contributed by atoms with Gasteiger partial charge in [0.05, 0.1) is 5.39 Å². The zero-order valence-electron chi connectivity index (χ0n) is 13.8. The van der Waals surface area contributed by atoms with E-state index >= 15 is 0 Å². The Hall–Kier alpha value is -2.85. The van der Waals surface area contributed by atoms with E-state index < -0.39 is 0 Å². The summed E-state index contributed by atoms with van der Waals surface area (Å²) in [4.78, 5) is 13.0. The highest BCUT2D eigenvalue weighted by molar-refractivity contribution is 9.10. The van der Waals surface area contributed by atoms with Gasteiger partial charge in [0.15, 0.2) is 5.76 Å². The maximum atomic E-state index is 13.0. The van der Waals surface area contributed by atoms with Crippen molar-refractivity contribution in [1.82, 2.24) is 0 Å². The molecule has 3 nitrogen and oxygen atoms in total. The zero-order chi connectivity index (χ0) is 17.9. The molecular weight excluding hydrogens is 392 g/mol. The first-order valence-corrected chi connectivity index (χ1v) is 9.00. The van der Waals surface area contributed by atoms with E-state index in [1.807, 2.05) is 66.7 Å². The molecule has 0 amide bonds. The van der Waals surface area contributed by atoms with Crippen LogP contribution in [0.5, 0.6) is 5.75 Å². The molecular formula is C22H15BrO3. The molecule has 128 valence electrons. The van der Waals surface area contributed by atoms with E-state index in [-0.39, 0.29) is 11.2 Å². The molecule has 0 atom stereocenters. The Kier molecular flexibility index (Phi) is 4.59. The summed E-state index contributed by atoms with van der Waals surface area (Å²) in [5.74, 6) is 0.673. The molecule has 0 bridgehead atoms. The maximum absolute atomic E-state index is 13.0. The lowest BCUT2D eigenvalue weighted by Gasteiger charge is -2.12. The van der Waals surface area contributed by atoms with Crippen LogP contribution in [0.2, 0.25) is 0 Å². The number of para-hydroxylation sites is 1. The fourth-order valence-electron chi connectivity index (χ4n) is 2.78. The largest absolute Gasteiger partial charge is 0.481 e. The third-order valence-corrected chi connectivity index (χ3v) is 4.62. The van der Waals surface area contributed by atoms with Crippen molar-refractivity contribution in [2.75, 3.05) is 0 Å². The molecule has 0 aliphatic carbocycles. The monoisotopic (exact) mass is 406 g/mol. The van der Waals surface area contributed by atoms with E-state index in [0.717, 1.165) is 15.6 Å². The van der Waals surface area contributed by atoms with Crippen LogP contribution in [0.25, 0.3) is 22.3 Å². The highest BCUT2D eigenvalue weighted by Crippen LogP contribution is 2.32. The molecule has 0 fully saturated rings. The fraction of sp³-hybridized carbons (Fsp3) is 0.0455. The molecule has 4 aromatic rings. The van der Waals surface area contributed by atoms with Crippen molar-refractivity contribution in [2.45, 2.75) is 6.61 Å². The van der Waals surface area contributed by atoms with Crippen molar-refractivity contribution in [3.05, 3.63) is 99.1 Å². The first-order chi connectivity index (χ1) is 12.7. The van der Waals surface area contributed by atoms with Crippen molar-refractivity contribution >= 4 is 26.9 Å². The van der Waals surface area contributed by atoms with Gasteiger partial charge in [-0.3, -0.25) is 4.79 Å². The molecule has 0 unspecified atom stereocenters. The summed E-state index contributed by atoms with van der Waals surface area (Å²) < 4.78 is 12.9. The van der Waals surface area contributed by atoms with E-state index in [1.165, 1.54) is 0 Å². The van der Waals surface area contributed by atoms with Gasteiger partial charge >= 0.3 is 0 Å². The Balaban J connectivity index is 1.85. The lowest BCUT2D eigenvalue weighted by molar-refractivity contribution is 0.298. The molecule has 0 radical (unpaired) electrons. The lowest BCUT2D eigenvalue weighted by atomic mass is 10.1. The van der Waals surface area contributed by atoms with E-state index in [4.69, 9.17) is 9.15 Å². The minimum absolute atomic E-state index is 0.166. The smallest absolute Gasteiger partial charge is 0.235 e. The van der Waals surface area contributed by atoms with Gasteiger partial charge in [0, 0.05) is 10.0 Å². The average molecular weight is 407 g/mol. The Bertz CT molecular complexity index is 1100. The second kappa shape index (κ2) is 7.18. The maximum Gasteiger partial charge on any atom is 0.235 e. The number of benzene rings is 3. The van der Waals surface area contributed by atoms with Crippen LogP contribution >= 0.6 is 15.9 Å². The Labute approximate surface area is 159 Å². The Morgan fingerprint density at radius 1 is 0.846 bits per heavy atom. The standard InChI is InChI=1S/C22H15BrO3/c23-17-12-10-16(11-13-17)21-22(25-14-15-6-2-1-3-7-15)20(24)18-8-4-5-9-19(18)26-21/h1-13H,14H2. The molecule has 0 saturated carbocycles. The molecule has 0 N–H and O–H groups in total. The van der Waals surface area contributed by atoms with Crippen LogP contribution in [0.3, 0.4) is 0 Å². The fourth-order valence-corrected chi connectivity index (χ4v) is 3.04. The summed E-state index contributed by atoms with van der Waals surface area (Å²) in [6.07, 6.45) is 0. The van der Waals surface area contributed by atoms with Gasteiger partial charge in [0.25, 0.3) is 0 Å². The summed E-state index contributed by atoms with van der Waals surface area (Å²) in [5.41, 5.74) is 2.16. The van der Waals surface area contributed by atoms with E-state index in [9.17, 15) is 4.79 Å². The highest BCUT2D eigenvalue weighted by Gasteiger charge is 2.17. The predicted octanol–water partition coefficient (Wildman–Crippen LogP) is 5.80. The molecule has 4 rings (SSSR count). The minimum atomic E-state index is -0.166. The van der Waals surface area contributed by atoms with Crippen LogP contribution in [-0.2, 0) is 6.61 Å². The van der Waals surface area contributed by atoms with Crippen LogP contribution in [-0.4, -0.2) is 0 Å². The predicted molar refractivity (Wildman–Crippen MR) is 106 cm³/mol. The van der Waals surface area contributed by atoms with Crippen LogP contribution in [0.1, 0.15) is 5.56 Å². The van der Waals surface area contributed by atoms with Gasteiger partial charge in [-0.05, 0) is 42.0 Å². The molecule has 26 heavy (non-hydrogen) atoms. The molecule has 1 aromatic heterocycles. The van der Waals surface area contributed by atoms with Gasteiger partial charge in [-0.15, -0.1) is 0 Å². The Morgan fingerprint density at radius 2 is 1.54 bits per heavy atom. The molecule has 0 aliphatic heterocycles. The van der Waals surface area contributed by atoms with Crippen molar-refractivity contribution in [2.24, 2.45) is 0 Å². The van der Waals surface area contributed by atoms with Gasteiger partial charge in [0.2, 0.25) is 11.2 Å². The van der Waals surface area contributed by atoms with Gasteiger partial charge in [0.1, 0.15) is 12.2 Å². The summed E-state index contributed by atoms with van der Waals surface area (Å²) in [6, 6.07) is 24.6. The Morgan fingerprint density at radius 3 is 2.31 bits per heavy atom. The molecule has 1 heterocycles. The van der Waals surface area contributed by atoms with Gasteiger partial charge in [-0.1, -0.05) is 58.4 Å². The van der Waals surface area contributed by atoms with E-state index in [1.54, 1.807) is 12.1 Å². The highest BCUT2D eigenvalue weighted by atomic mass is 79.9. The number of fused-ring (bicyclic) bond motifs is 1. The van der Waals surface area contributed by atoms with Crippen LogP contribution in [0.15, 0.2) is 92.5 Å². The second-order valence-corrected chi connectivity index (χ2v) is 6.78. The molecule has 4 heteroatoms. The number of halogens is 1. The summed E-state index contributed by atoms with van der Waals surface area (Å²) in [7, 11) is 0. The van der Waals surface area contributed by atoms with E-state index in [2.05, 4.69) is 15.9 Å². The third-order valence-electron chi connectivity index (χ3n) is 4.09. The van der Waals surface area contributed by atoms with Crippen molar-refractivity contribution in [3.8, 4) is 17.1 Å². The topological polar surface area (TPSA) is 39.4 Å². The zero-order valence-corrected chi connectivity index (χ0v) is 15.4. The van der Waals surface area contributed by atoms with Crippen LogP contribution in [0.4, 0.5) is 0 Å². The van der Waals surface area contributed by atoms with Crippen LogP contribution < -0.4 is 10.2 Å². The normalized spacial score (nSPS) is 10.8. The van der Waals surface area contributed by atoms with Crippen molar-refractivity contribution in [1.29, 1.82) is 0 Å². The van der Waals surface area contributed by atoms with Gasteiger partial charge in [-0.25, -0.2) is 0 Å². The van der Waals surface area contributed by atoms with Gasteiger partial charge in [-0.2, -0.15) is 0 Å². The number of rotatable bonds is 4. The second-order valence-electron chi connectivity index (χ2n) is 5.87. The summed E-state index contributed by atoms with van der Waals surface area (Å²) in [5, 5.41) is 0.511. The van der Waals surface area contributed by atoms with Crippen LogP contribution in [0, 0.1) is 0 Å².